The van der Waals surface area contributed by atoms with E-state index in [1.54, 1.807) is 0 Å². The lowest BCUT2D eigenvalue weighted by atomic mass is 10.1. The van der Waals surface area contributed by atoms with Gasteiger partial charge in [-0.15, -0.1) is 0 Å². The van der Waals surface area contributed by atoms with E-state index >= 15 is 0 Å². The van der Waals surface area contributed by atoms with E-state index in [2.05, 4.69) is 9.82 Å². The molecule has 0 aliphatic rings. The van der Waals surface area contributed by atoms with Crippen molar-refractivity contribution in [1.29, 1.82) is 0 Å². The summed E-state index contributed by atoms with van der Waals surface area (Å²) in [7, 11) is -1.32. The molecule has 0 spiro atoms. The fourth-order valence-electron chi connectivity index (χ4n) is 1.85. The van der Waals surface area contributed by atoms with E-state index in [1.807, 2.05) is 0 Å². The monoisotopic (exact) mass is 345 g/mol. The molecule has 0 saturated heterocycles. The molecule has 2 rings (SSSR count). The number of carboxylic acids is 1. The minimum Gasteiger partial charge on any atom is -0.495 e. The van der Waals surface area contributed by atoms with Gasteiger partial charge in [-0.3, -0.25) is 9.40 Å². The second-order valence-electron chi connectivity index (χ2n) is 4.20. The molecule has 1 heterocycles. The Labute approximate surface area is 131 Å². The number of halogens is 1. The van der Waals surface area contributed by atoms with Crippen LogP contribution in [0.2, 0.25) is 5.02 Å². The standard InChI is InChI=1S/C12H12ClN3O5S/c1-16-9(5-6-14-16)22(19,20)15-11-8(21-2)4-3-7(13)10(11)12(17)18/h3-6,15H,1-2H3,(H,17,18). The number of hydrogen-bond acceptors (Lipinski definition) is 5. The van der Waals surface area contributed by atoms with Crippen molar-refractivity contribution in [2.24, 2.45) is 7.05 Å². The van der Waals surface area contributed by atoms with Crippen LogP contribution in [0.25, 0.3) is 0 Å². The number of carbonyl (C=O) groups is 1. The van der Waals surface area contributed by atoms with Crippen molar-refractivity contribution in [2.75, 3.05) is 11.8 Å². The van der Waals surface area contributed by atoms with E-state index in [9.17, 15) is 18.3 Å². The van der Waals surface area contributed by atoms with E-state index in [4.69, 9.17) is 16.3 Å². The Kier molecular flexibility index (Phi) is 4.29. The second-order valence-corrected chi connectivity index (χ2v) is 6.24. The Balaban J connectivity index is 2.60. The number of benzene rings is 1. The highest BCUT2D eigenvalue weighted by atomic mass is 35.5. The van der Waals surface area contributed by atoms with Crippen molar-refractivity contribution in [2.45, 2.75) is 5.03 Å². The number of rotatable bonds is 5. The third-order valence-electron chi connectivity index (χ3n) is 2.84. The number of aromatic nitrogens is 2. The minimum atomic E-state index is -4.06. The smallest absolute Gasteiger partial charge is 0.339 e. The highest BCUT2D eigenvalue weighted by molar-refractivity contribution is 7.92. The van der Waals surface area contributed by atoms with Crippen LogP contribution < -0.4 is 9.46 Å². The van der Waals surface area contributed by atoms with Crippen LogP contribution in [0.1, 0.15) is 10.4 Å². The molecule has 118 valence electrons. The third-order valence-corrected chi connectivity index (χ3v) is 4.58. The lowest BCUT2D eigenvalue weighted by molar-refractivity contribution is 0.0698. The van der Waals surface area contributed by atoms with Crippen molar-refractivity contribution >= 4 is 33.3 Å². The van der Waals surface area contributed by atoms with Crippen molar-refractivity contribution in [3.05, 3.63) is 35.0 Å². The first-order valence-electron chi connectivity index (χ1n) is 5.88. The molecule has 1 aromatic carbocycles. The number of nitrogens with zero attached hydrogens (tertiary/aromatic N) is 2. The molecular formula is C12H12ClN3O5S. The number of nitrogens with one attached hydrogen (secondary N) is 1. The van der Waals surface area contributed by atoms with Gasteiger partial charge in [0.1, 0.15) is 17.0 Å². The van der Waals surface area contributed by atoms with Gasteiger partial charge in [0.25, 0.3) is 10.0 Å². The molecular weight excluding hydrogens is 334 g/mol. The van der Waals surface area contributed by atoms with Crippen molar-refractivity contribution in [3.63, 3.8) is 0 Å². The molecule has 0 aliphatic carbocycles. The summed E-state index contributed by atoms with van der Waals surface area (Å²) in [6.45, 7) is 0. The van der Waals surface area contributed by atoms with Gasteiger partial charge in [0.05, 0.1) is 18.3 Å². The molecule has 2 N–H and O–H groups in total. The summed E-state index contributed by atoms with van der Waals surface area (Å²) in [6, 6.07) is 3.96. The Hall–Kier alpha value is -2.26. The molecule has 0 atom stereocenters. The molecule has 0 bridgehead atoms. The number of sulfonamides is 1. The zero-order valence-corrected chi connectivity index (χ0v) is 13.1. The van der Waals surface area contributed by atoms with Crippen molar-refractivity contribution < 1.29 is 23.1 Å². The van der Waals surface area contributed by atoms with E-state index in [0.717, 1.165) is 4.68 Å². The largest absolute Gasteiger partial charge is 0.495 e. The van der Waals surface area contributed by atoms with Crippen molar-refractivity contribution in [3.8, 4) is 5.75 Å². The number of aryl methyl sites for hydroxylation is 1. The van der Waals surface area contributed by atoms with E-state index in [0.29, 0.717) is 0 Å². The van der Waals surface area contributed by atoms with Gasteiger partial charge >= 0.3 is 5.97 Å². The molecule has 0 fully saturated rings. The normalized spacial score (nSPS) is 11.2. The number of anilines is 1. The SMILES string of the molecule is COc1ccc(Cl)c(C(=O)O)c1NS(=O)(=O)c1ccnn1C. The van der Waals surface area contributed by atoms with Crippen LogP contribution in [0.15, 0.2) is 29.4 Å². The lowest BCUT2D eigenvalue weighted by Gasteiger charge is -2.15. The molecule has 1 aromatic heterocycles. The summed E-state index contributed by atoms with van der Waals surface area (Å²) < 4.78 is 33.1. The predicted octanol–water partition coefficient (Wildman–Crippen LogP) is 1.58. The van der Waals surface area contributed by atoms with Crippen LogP contribution in [-0.2, 0) is 17.1 Å². The van der Waals surface area contributed by atoms with E-state index in [1.165, 1.54) is 38.6 Å². The number of ether oxygens (including phenoxy) is 1. The summed E-state index contributed by atoms with van der Waals surface area (Å²) in [5.41, 5.74) is -0.643. The Morgan fingerprint density at radius 2 is 2.09 bits per heavy atom. The van der Waals surface area contributed by atoms with Crippen LogP contribution in [-0.4, -0.2) is 36.4 Å². The van der Waals surface area contributed by atoms with E-state index < -0.39 is 21.6 Å². The third kappa shape index (κ3) is 2.85. The average molecular weight is 346 g/mol. The summed E-state index contributed by atoms with van der Waals surface area (Å²) >= 11 is 5.85. The molecule has 0 amide bonds. The van der Waals surface area contributed by atoms with Gasteiger partial charge in [0.15, 0.2) is 5.03 Å². The summed E-state index contributed by atoms with van der Waals surface area (Å²) in [6.07, 6.45) is 1.31. The summed E-state index contributed by atoms with van der Waals surface area (Å²) in [5, 5.41) is 12.8. The number of aromatic carboxylic acids is 1. The van der Waals surface area contributed by atoms with Crippen molar-refractivity contribution in [1.82, 2.24) is 9.78 Å². The fourth-order valence-corrected chi connectivity index (χ4v) is 3.30. The zero-order valence-electron chi connectivity index (χ0n) is 11.6. The maximum absolute atomic E-state index is 12.4. The fraction of sp³-hybridized carbons (Fsp3) is 0.167. The van der Waals surface area contributed by atoms with E-state index in [-0.39, 0.29) is 21.5 Å². The van der Waals surface area contributed by atoms with Gasteiger partial charge in [-0.2, -0.15) is 13.5 Å². The van der Waals surface area contributed by atoms with Gasteiger partial charge in [0.2, 0.25) is 0 Å². The highest BCUT2D eigenvalue weighted by Gasteiger charge is 2.26. The first-order chi connectivity index (χ1) is 10.3. The molecule has 0 unspecified atom stereocenters. The molecule has 0 aliphatic heterocycles. The van der Waals surface area contributed by atoms with Gasteiger partial charge in [0, 0.05) is 7.05 Å². The Morgan fingerprint density at radius 3 is 2.59 bits per heavy atom. The van der Waals surface area contributed by atoms with Gasteiger partial charge in [-0.05, 0) is 18.2 Å². The predicted molar refractivity (Wildman–Crippen MR) is 79.0 cm³/mol. The molecule has 0 saturated carbocycles. The molecule has 22 heavy (non-hydrogen) atoms. The molecule has 8 nitrogen and oxygen atoms in total. The maximum Gasteiger partial charge on any atom is 0.339 e. The van der Waals surface area contributed by atoms with Crippen LogP contribution in [0.3, 0.4) is 0 Å². The molecule has 2 aromatic rings. The van der Waals surface area contributed by atoms with Crippen LogP contribution in [0.4, 0.5) is 5.69 Å². The van der Waals surface area contributed by atoms with Crippen LogP contribution in [0.5, 0.6) is 5.75 Å². The number of methoxy groups -OCH3 is 1. The number of carboxylic acid groups (broad SMARTS) is 1. The quantitative estimate of drug-likeness (QED) is 0.851. The average Bonchev–Trinajstić information content (AvgIpc) is 2.85. The van der Waals surface area contributed by atoms with Crippen LogP contribution >= 0.6 is 11.6 Å². The summed E-state index contributed by atoms with van der Waals surface area (Å²) in [5.74, 6) is -1.35. The minimum absolute atomic E-state index is 0.0348. The van der Waals surface area contributed by atoms with Gasteiger partial charge < -0.3 is 9.84 Å². The highest BCUT2D eigenvalue weighted by Crippen LogP contribution is 2.35. The zero-order chi connectivity index (χ0) is 16.5. The molecule has 10 heteroatoms. The molecule has 0 radical (unpaired) electrons. The Morgan fingerprint density at radius 1 is 1.41 bits per heavy atom. The first-order valence-corrected chi connectivity index (χ1v) is 7.74. The Bertz CT molecular complexity index is 831. The first kappa shape index (κ1) is 16.1. The van der Waals surface area contributed by atoms with Gasteiger partial charge in [-0.25, -0.2) is 4.79 Å². The topological polar surface area (TPSA) is 111 Å². The summed E-state index contributed by atoms with van der Waals surface area (Å²) in [4.78, 5) is 11.4. The number of hydrogen-bond donors (Lipinski definition) is 2. The van der Waals surface area contributed by atoms with Gasteiger partial charge in [-0.1, -0.05) is 11.6 Å². The second kappa shape index (κ2) is 5.85. The maximum atomic E-state index is 12.4. The van der Waals surface area contributed by atoms with Crippen LogP contribution in [0, 0.1) is 0 Å². The lowest BCUT2D eigenvalue weighted by Crippen LogP contribution is -2.19.